The van der Waals surface area contributed by atoms with Gasteiger partial charge in [0.05, 0.1) is 11.4 Å². The van der Waals surface area contributed by atoms with Gasteiger partial charge in [0, 0.05) is 18.2 Å². The van der Waals surface area contributed by atoms with Crippen LogP contribution in [0.5, 0.6) is 0 Å². The van der Waals surface area contributed by atoms with Gasteiger partial charge in [-0.2, -0.15) is 0 Å². The van der Waals surface area contributed by atoms with E-state index in [-0.39, 0.29) is 5.91 Å². The first-order valence-corrected chi connectivity index (χ1v) is 7.20. The van der Waals surface area contributed by atoms with Crippen LogP contribution >= 0.6 is 11.8 Å². The number of nitrogens with zero attached hydrogens (tertiary/aromatic N) is 2. The summed E-state index contributed by atoms with van der Waals surface area (Å²) in [4.78, 5) is 19.9. The van der Waals surface area contributed by atoms with E-state index in [2.05, 4.69) is 15.3 Å². The predicted octanol–water partition coefficient (Wildman–Crippen LogP) is 1.34. The van der Waals surface area contributed by atoms with E-state index in [0.717, 1.165) is 0 Å². The van der Waals surface area contributed by atoms with Crippen molar-refractivity contribution >= 4 is 40.7 Å². The van der Waals surface area contributed by atoms with Crippen molar-refractivity contribution in [1.82, 2.24) is 9.97 Å². The summed E-state index contributed by atoms with van der Waals surface area (Å²) in [6.07, 6.45) is 0.303. The maximum Gasteiger partial charge on any atom is 0.225 e. The summed E-state index contributed by atoms with van der Waals surface area (Å²) in [5.41, 5.74) is 18.0. The minimum atomic E-state index is -0.128. The van der Waals surface area contributed by atoms with Gasteiger partial charge in [0.2, 0.25) is 5.91 Å². The maximum atomic E-state index is 11.8. The number of benzene rings is 1. The number of rotatable bonds is 5. The van der Waals surface area contributed by atoms with Crippen LogP contribution in [0.4, 0.5) is 23.0 Å². The van der Waals surface area contributed by atoms with Crippen LogP contribution in [0.25, 0.3) is 0 Å². The Morgan fingerprint density at radius 1 is 1.14 bits per heavy atom. The summed E-state index contributed by atoms with van der Waals surface area (Å²) in [6, 6.07) is 8.58. The van der Waals surface area contributed by atoms with Crippen molar-refractivity contribution in [3.8, 4) is 0 Å². The number of hydrogen-bond acceptors (Lipinski definition) is 7. The van der Waals surface area contributed by atoms with Gasteiger partial charge in [-0.15, -0.1) is 0 Å². The highest BCUT2D eigenvalue weighted by atomic mass is 32.2. The molecule has 0 saturated carbocycles. The Bertz CT molecular complexity index is 628. The first kappa shape index (κ1) is 14.9. The van der Waals surface area contributed by atoms with E-state index < -0.39 is 0 Å². The Kier molecular flexibility index (Phi) is 4.83. The number of carbonyl (C=O) groups excluding carboxylic acids is 1. The highest BCUT2D eigenvalue weighted by Gasteiger charge is 2.07. The van der Waals surface area contributed by atoms with Crippen molar-refractivity contribution in [3.63, 3.8) is 0 Å². The predicted molar refractivity (Wildman–Crippen MR) is 85.7 cm³/mol. The normalized spacial score (nSPS) is 10.3. The molecule has 0 unspecified atom stereocenters. The molecule has 0 radical (unpaired) electrons. The number of nitrogen functional groups attached to an aromatic ring is 3. The fourth-order valence-corrected chi connectivity index (χ4v) is 2.40. The van der Waals surface area contributed by atoms with Crippen LogP contribution < -0.4 is 22.5 Å². The molecule has 110 valence electrons. The monoisotopic (exact) mass is 304 g/mol. The van der Waals surface area contributed by atoms with Crippen LogP contribution in [0, 0.1) is 0 Å². The second-order valence-corrected chi connectivity index (χ2v) is 5.30. The van der Waals surface area contributed by atoms with Gasteiger partial charge in [-0.25, -0.2) is 9.97 Å². The van der Waals surface area contributed by atoms with Gasteiger partial charge in [-0.1, -0.05) is 23.9 Å². The van der Waals surface area contributed by atoms with Gasteiger partial charge in [0.1, 0.15) is 11.6 Å². The van der Waals surface area contributed by atoms with Crippen LogP contribution in [0.3, 0.4) is 0 Å². The Morgan fingerprint density at radius 2 is 1.81 bits per heavy atom. The average Bonchev–Trinajstić information content (AvgIpc) is 2.40. The number of carbonyl (C=O) groups is 1. The lowest BCUT2D eigenvalue weighted by Gasteiger charge is -2.07. The van der Waals surface area contributed by atoms with Gasteiger partial charge in [0.25, 0.3) is 0 Å². The van der Waals surface area contributed by atoms with E-state index in [4.69, 9.17) is 17.2 Å². The van der Waals surface area contributed by atoms with Crippen molar-refractivity contribution in [2.45, 2.75) is 11.6 Å². The minimum Gasteiger partial charge on any atom is -0.397 e. The van der Waals surface area contributed by atoms with Crippen molar-refractivity contribution in [3.05, 3.63) is 30.3 Å². The number of anilines is 4. The summed E-state index contributed by atoms with van der Waals surface area (Å²) in [5.74, 6) is 1.01. The molecule has 0 bridgehead atoms. The molecule has 0 spiro atoms. The van der Waals surface area contributed by atoms with Crippen LogP contribution in [0.15, 0.2) is 35.5 Å². The quantitative estimate of drug-likeness (QED) is 0.372. The number of aromatic nitrogens is 2. The van der Waals surface area contributed by atoms with Gasteiger partial charge in [-0.3, -0.25) is 4.79 Å². The molecule has 7 N–H and O–H groups in total. The fourth-order valence-electron chi connectivity index (χ4n) is 1.59. The Labute approximate surface area is 126 Å². The molecule has 2 rings (SSSR count). The van der Waals surface area contributed by atoms with Gasteiger partial charge in [0.15, 0.2) is 5.16 Å². The lowest BCUT2D eigenvalue weighted by atomic mass is 10.2. The highest BCUT2D eigenvalue weighted by Crippen LogP contribution is 2.19. The number of para-hydroxylation sites is 2. The van der Waals surface area contributed by atoms with E-state index >= 15 is 0 Å². The Hall–Kier alpha value is -2.48. The van der Waals surface area contributed by atoms with Crippen molar-refractivity contribution < 1.29 is 4.79 Å². The molecule has 1 aromatic carbocycles. The molecule has 0 atom stereocenters. The molecule has 0 aliphatic heterocycles. The highest BCUT2D eigenvalue weighted by molar-refractivity contribution is 7.99. The zero-order valence-corrected chi connectivity index (χ0v) is 12.1. The van der Waals surface area contributed by atoms with Crippen molar-refractivity contribution in [1.29, 1.82) is 0 Å². The molecule has 0 aliphatic carbocycles. The SMILES string of the molecule is Nc1cc(N)nc(SCCC(=O)Nc2ccccc2N)n1. The summed E-state index contributed by atoms with van der Waals surface area (Å²) in [5, 5.41) is 3.21. The molecule has 1 amide bonds. The van der Waals surface area contributed by atoms with E-state index in [1.165, 1.54) is 17.8 Å². The molecule has 7 nitrogen and oxygen atoms in total. The average molecular weight is 304 g/mol. The van der Waals surface area contributed by atoms with Crippen molar-refractivity contribution in [2.75, 3.05) is 28.3 Å². The molecule has 0 fully saturated rings. The number of thioether (sulfide) groups is 1. The van der Waals surface area contributed by atoms with Crippen molar-refractivity contribution in [2.24, 2.45) is 0 Å². The lowest BCUT2D eigenvalue weighted by molar-refractivity contribution is -0.115. The molecular formula is C13H16N6OS. The first-order chi connectivity index (χ1) is 10.0. The summed E-state index contributed by atoms with van der Waals surface area (Å²) in [6.45, 7) is 0. The van der Waals surface area contributed by atoms with Crippen LogP contribution in [0.2, 0.25) is 0 Å². The third-order valence-corrected chi connectivity index (χ3v) is 3.39. The van der Waals surface area contributed by atoms with Gasteiger partial charge in [-0.05, 0) is 12.1 Å². The fraction of sp³-hybridized carbons (Fsp3) is 0.154. The number of nitrogens with two attached hydrogens (primary N) is 3. The summed E-state index contributed by atoms with van der Waals surface area (Å²) >= 11 is 1.32. The standard InChI is InChI=1S/C13H16N6OS/c14-8-3-1-2-4-9(8)17-12(20)5-6-21-13-18-10(15)7-11(16)19-13/h1-4,7H,5-6,14H2,(H,17,20)(H4,15,16,18,19). The maximum absolute atomic E-state index is 11.8. The number of nitrogens with one attached hydrogen (secondary N) is 1. The van der Waals surface area contributed by atoms with E-state index in [0.29, 0.717) is 40.3 Å². The van der Waals surface area contributed by atoms with E-state index in [9.17, 15) is 4.79 Å². The van der Waals surface area contributed by atoms with Gasteiger partial charge < -0.3 is 22.5 Å². The third-order valence-electron chi connectivity index (χ3n) is 2.54. The second kappa shape index (κ2) is 6.80. The van der Waals surface area contributed by atoms with Gasteiger partial charge >= 0.3 is 0 Å². The number of amides is 1. The smallest absolute Gasteiger partial charge is 0.225 e. The molecule has 21 heavy (non-hydrogen) atoms. The molecule has 1 aromatic heterocycles. The minimum absolute atomic E-state index is 0.128. The second-order valence-electron chi connectivity index (χ2n) is 4.23. The summed E-state index contributed by atoms with van der Waals surface area (Å²) in [7, 11) is 0. The molecule has 0 aliphatic rings. The van der Waals surface area contributed by atoms with E-state index in [1.807, 2.05) is 12.1 Å². The Morgan fingerprint density at radius 3 is 2.48 bits per heavy atom. The lowest BCUT2D eigenvalue weighted by Crippen LogP contribution is -2.13. The summed E-state index contributed by atoms with van der Waals surface area (Å²) < 4.78 is 0. The largest absolute Gasteiger partial charge is 0.397 e. The van der Waals surface area contributed by atoms with Crippen LogP contribution in [0.1, 0.15) is 6.42 Å². The third kappa shape index (κ3) is 4.53. The zero-order chi connectivity index (χ0) is 15.2. The number of hydrogen-bond donors (Lipinski definition) is 4. The molecular weight excluding hydrogens is 288 g/mol. The molecule has 0 saturated heterocycles. The topological polar surface area (TPSA) is 133 Å². The van der Waals surface area contributed by atoms with E-state index in [1.54, 1.807) is 12.1 Å². The van der Waals surface area contributed by atoms with Crippen LogP contribution in [-0.2, 0) is 4.79 Å². The Balaban J connectivity index is 1.83. The molecule has 1 heterocycles. The zero-order valence-electron chi connectivity index (χ0n) is 11.2. The first-order valence-electron chi connectivity index (χ1n) is 6.22. The van der Waals surface area contributed by atoms with Crippen LogP contribution in [-0.4, -0.2) is 21.6 Å². The molecule has 8 heteroatoms. The molecule has 2 aromatic rings.